The number of hydrogen-bond acceptors (Lipinski definition) is 3. The highest BCUT2D eigenvalue weighted by atomic mass is 15.4. The second kappa shape index (κ2) is 7.04. The van der Waals surface area contributed by atoms with Crippen molar-refractivity contribution in [2.24, 2.45) is 0 Å². The van der Waals surface area contributed by atoms with E-state index in [4.69, 9.17) is 0 Å². The van der Waals surface area contributed by atoms with E-state index in [0.717, 1.165) is 25.9 Å². The summed E-state index contributed by atoms with van der Waals surface area (Å²) in [5.41, 5.74) is 2.75. The van der Waals surface area contributed by atoms with E-state index in [1.807, 2.05) is 10.9 Å². The lowest BCUT2D eigenvalue weighted by molar-refractivity contribution is 0.471. The normalized spacial score (nSPS) is 12.5. The van der Waals surface area contributed by atoms with Gasteiger partial charge < -0.3 is 5.32 Å². The highest BCUT2D eigenvalue weighted by Crippen LogP contribution is 2.17. The van der Waals surface area contributed by atoms with Crippen molar-refractivity contribution in [2.75, 3.05) is 6.54 Å². The van der Waals surface area contributed by atoms with Gasteiger partial charge in [-0.05, 0) is 24.0 Å². The topological polar surface area (TPSA) is 42.7 Å². The largest absolute Gasteiger partial charge is 0.308 e. The Kier molecular flexibility index (Phi) is 5.10. The van der Waals surface area contributed by atoms with Crippen LogP contribution in [0.25, 0.3) is 0 Å². The lowest BCUT2D eigenvalue weighted by Crippen LogP contribution is -2.25. The van der Waals surface area contributed by atoms with Gasteiger partial charge in [0.2, 0.25) is 0 Å². The molecule has 0 fully saturated rings. The molecule has 4 nitrogen and oxygen atoms in total. The maximum Gasteiger partial charge on any atom is 0.0692 e. The molecule has 4 heteroatoms. The maximum absolute atomic E-state index is 3.96. The van der Waals surface area contributed by atoms with Gasteiger partial charge in [-0.2, -0.15) is 0 Å². The van der Waals surface area contributed by atoms with Gasteiger partial charge in [-0.15, -0.1) is 5.10 Å². The summed E-state index contributed by atoms with van der Waals surface area (Å²) in [5, 5.41) is 11.3. The first-order valence-electron chi connectivity index (χ1n) is 6.99. The zero-order valence-electron chi connectivity index (χ0n) is 11.7. The summed E-state index contributed by atoms with van der Waals surface area (Å²) in [6, 6.07) is 9.31. The number of aromatic nitrogens is 3. The molecule has 1 unspecified atom stereocenters. The Hall–Kier alpha value is -1.68. The van der Waals surface area contributed by atoms with Crippen LogP contribution in [0.3, 0.4) is 0 Å². The van der Waals surface area contributed by atoms with E-state index in [1.165, 1.54) is 11.1 Å². The SMILES string of the molecule is CCc1ccc(C(CC)NCCn2ccnn2)cc1. The maximum atomic E-state index is 3.96. The molecular formula is C15H22N4. The van der Waals surface area contributed by atoms with Crippen LogP contribution in [-0.2, 0) is 13.0 Å². The molecule has 1 heterocycles. The highest BCUT2D eigenvalue weighted by molar-refractivity contribution is 5.24. The van der Waals surface area contributed by atoms with E-state index in [9.17, 15) is 0 Å². The van der Waals surface area contributed by atoms with E-state index in [-0.39, 0.29) is 0 Å². The molecule has 0 aliphatic rings. The lowest BCUT2D eigenvalue weighted by Gasteiger charge is -2.17. The smallest absolute Gasteiger partial charge is 0.0692 e. The fraction of sp³-hybridized carbons (Fsp3) is 0.467. The fourth-order valence-electron chi connectivity index (χ4n) is 2.19. The van der Waals surface area contributed by atoms with Crippen molar-refractivity contribution in [2.45, 2.75) is 39.3 Å². The molecule has 102 valence electrons. The van der Waals surface area contributed by atoms with Gasteiger partial charge in [-0.3, -0.25) is 4.68 Å². The van der Waals surface area contributed by atoms with Gasteiger partial charge in [0, 0.05) is 18.8 Å². The molecule has 1 aromatic carbocycles. The molecule has 2 aromatic rings. The van der Waals surface area contributed by atoms with Crippen molar-refractivity contribution in [3.05, 3.63) is 47.8 Å². The molecule has 0 amide bonds. The van der Waals surface area contributed by atoms with Crippen molar-refractivity contribution >= 4 is 0 Å². The van der Waals surface area contributed by atoms with E-state index in [0.29, 0.717) is 6.04 Å². The molecule has 2 rings (SSSR count). The Bertz CT molecular complexity index is 461. The molecule has 0 saturated heterocycles. The van der Waals surface area contributed by atoms with E-state index in [1.54, 1.807) is 6.20 Å². The average Bonchev–Trinajstić information content (AvgIpc) is 2.97. The summed E-state index contributed by atoms with van der Waals surface area (Å²) >= 11 is 0. The summed E-state index contributed by atoms with van der Waals surface area (Å²) in [5.74, 6) is 0. The van der Waals surface area contributed by atoms with Gasteiger partial charge in [0.25, 0.3) is 0 Å². The van der Waals surface area contributed by atoms with Gasteiger partial charge in [0.15, 0.2) is 0 Å². The van der Waals surface area contributed by atoms with Crippen LogP contribution in [0.1, 0.15) is 37.4 Å². The third kappa shape index (κ3) is 3.89. The van der Waals surface area contributed by atoms with Crippen molar-refractivity contribution in [3.8, 4) is 0 Å². The van der Waals surface area contributed by atoms with Gasteiger partial charge >= 0.3 is 0 Å². The van der Waals surface area contributed by atoms with Crippen molar-refractivity contribution in [3.63, 3.8) is 0 Å². The molecule has 0 saturated carbocycles. The third-order valence-corrected chi connectivity index (χ3v) is 3.40. The first kappa shape index (κ1) is 13.7. The first-order valence-corrected chi connectivity index (χ1v) is 6.99. The van der Waals surface area contributed by atoms with Crippen LogP contribution in [0.15, 0.2) is 36.7 Å². The van der Waals surface area contributed by atoms with Crippen molar-refractivity contribution in [1.29, 1.82) is 0 Å². The Labute approximate surface area is 114 Å². The van der Waals surface area contributed by atoms with E-state index in [2.05, 4.69) is 53.7 Å². The Balaban J connectivity index is 1.88. The molecular weight excluding hydrogens is 236 g/mol. The second-order valence-electron chi connectivity index (χ2n) is 4.68. The number of nitrogens with zero attached hydrogens (tertiary/aromatic N) is 3. The zero-order valence-corrected chi connectivity index (χ0v) is 11.7. The number of hydrogen-bond donors (Lipinski definition) is 1. The van der Waals surface area contributed by atoms with Crippen LogP contribution in [0, 0.1) is 0 Å². The fourth-order valence-corrected chi connectivity index (χ4v) is 2.19. The van der Waals surface area contributed by atoms with Crippen LogP contribution in [0.2, 0.25) is 0 Å². The molecule has 19 heavy (non-hydrogen) atoms. The van der Waals surface area contributed by atoms with Crippen molar-refractivity contribution < 1.29 is 0 Å². The second-order valence-corrected chi connectivity index (χ2v) is 4.68. The highest BCUT2D eigenvalue weighted by Gasteiger charge is 2.08. The molecule has 0 bridgehead atoms. The molecule has 1 N–H and O–H groups in total. The summed E-state index contributed by atoms with van der Waals surface area (Å²) in [6.45, 7) is 6.14. The zero-order chi connectivity index (χ0) is 13.5. The van der Waals surface area contributed by atoms with Crippen LogP contribution in [0.4, 0.5) is 0 Å². The number of nitrogens with one attached hydrogen (secondary N) is 1. The summed E-state index contributed by atoms with van der Waals surface area (Å²) in [7, 11) is 0. The Morgan fingerprint density at radius 3 is 2.58 bits per heavy atom. The lowest BCUT2D eigenvalue weighted by atomic mass is 10.0. The predicted molar refractivity (Wildman–Crippen MR) is 76.9 cm³/mol. The molecule has 1 aromatic heterocycles. The van der Waals surface area contributed by atoms with Crippen molar-refractivity contribution in [1.82, 2.24) is 20.3 Å². The monoisotopic (exact) mass is 258 g/mol. The van der Waals surface area contributed by atoms with Gasteiger partial charge in [-0.1, -0.05) is 43.3 Å². The minimum Gasteiger partial charge on any atom is -0.308 e. The first-order chi connectivity index (χ1) is 9.33. The summed E-state index contributed by atoms with van der Waals surface area (Å²) in [4.78, 5) is 0. The van der Waals surface area contributed by atoms with Crippen LogP contribution < -0.4 is 5.32 Å². The molecule has 0 aliphatic carbocycles. The Morgan fingerprint density at radius 1 is 1.21 bits per heavy atom. The summed E-state index contributed by atoms with van der Waals surface area (Å²) in [6.07, 6.45) is 5.78. The number of benzene rings is 1. The quantitative estimate of drug-likeness (QED) is 0.830. The molecule has 1 atom stereocenters. The molecule has 0 spiro atoms. The van der Waals surface area contributed by atoms with E-state index < -0.39 is 0 Å². The Morgan fingerprint density at radius 2 is 2.00 bits per heavy atom. The van der Waals surface area contributed by atoms with E-state index >= 15 is 0 Å². The third-order valence-electron chi connectivity index (χ3n) is 3.40. The van der Waals surface area contributed by atoms with Crippen LogP contribution in [-0.4, -0.2) is 21.5 Å². The van der Waals surface area contributed by atoms with Gasteiger partial charge in [0.1, 0.15) is 0 Å². The van der Waals surface area contributed by atoms with Crippen LogP contribution >= 0.6 is 0 Å². The molecule has 0 radical (unpaired) electrons. The van der Waals surface area contributed by atoms with Crippen LogP contribution in [0.5, 0.6) is 0 Å². The predicted octanol–water partition coefficient (Wildman–Crippen LogP) is 2.58. The number of rotatable bonds is 7. The minimum absolute atomic E-state index is 0.412. The van der Waals surface area contributed by atoms with Gasteiger partial charge in [0.05, 0.1) is 12.7 Å². The molecule has 0 aliphatic heterocycles. The van der Waals surface area contributed by atoms with Gasteiger partial charge in [-0.25, -0.2) is 0 Å². The standard InChI is InChI=1S/C15H22N4/c1-3-13-5-7-14(8-6-13)15(4-2)16-9-11-19-12-10-17-18-19/h5-8,10,12,15-16H,3-4,9,11H2,1-2H3. The number of aryl methyl sites for hydroxylation is 1. The minimum atomic E-state index is 0.412. The summed E-state index contributed by atoms with van der Waals surface area (Å²) < 4.78 is 1.85. The average molecular weight is 258 g/mol.